The van der Waals surface area contributed by atoms with Gasteiger partial charge in [0.05, 0.1) is 5.02 Å². The van der Waals surface area contributed by atoms with E-state index in [9.17, 15) is 4.39 Å². The molecule has 0 amide bonds. The summed E-state index contributed by atoms with van der Waals surface area (Å²) in [5, 5.41) is 4.33. The Balaban J connectivity index is 1.18. The molecule has 0 aliphatic heterocycles. The van der Waals surface area contributed by atoms with E-state index in [1.165, 1.54) is 50.2 Å². The molecule has 0 radical (unpaired) electrons. The van der Waals surface area contributed by atoms with E-state index in [2.05, 4.69) is 17.4 Å². The molecule has 148 valence electrons. The average molecular weight is 400 g/mol. The maximum Gasteiger partial charge on any atom is 0.131 e. The van der Waals surface area contributed by atoms with Crippen LogP contribution >= 0.6 is 11.6 Å². The summed E-state index contributed by atoms with van der Waals surface area (Å²) < 4.78 is 19.6. The van der Waals surface area contributed by atoms with Crippen molar-refractivity contribution < 1.29 is 9.13 Å². The van der Waals surface area contributed by atoms with Crippen molar-refractivity contribution in [2.45, 2.75) is 57.2 Å². The van der Waals surface area contributed by atoms with Crippen LogP contribution in [-0.4, -0.2) is 5.54 Å². The van der Waals surface area contributed by atoms with Gasteiger partial charge >= 0.3 is 0 Å². The lowest BCUT2D eigenvalue weighted by molar-refractivity contribution is -0.0206. The third-order valence-corrected chi connectivity index (χ3v) is 7.43. The van der Waals surface area contributed by atoms with Gasteiger partial charge in [-0.3, -0.25) is 0 Å². The fourth-order valence-corrected chi connectivity index (χ4v) is 6.36. The predicted molar refractivity (Wildman–Crippen MR) is 110 cm³/mol. The summed E-state index contributed by atoms with van der Waals surface area (Å²) in [6.45, 7) is 1.04. The molecule has 4 saturated carbocycles. The van der Waals surface area contributed by atoms with Gasteiger partial charge in [-0.1, -0.05) is 29.8 Å². The maximum atomic E-state index is 13.9. The zero-order valence-corrected chi connectivity index (χ0v) is 16.9. The quantitative estimate of drug-likeness (QED) is 0.632. The normalized spacial score (nSPS) is 30.6. The first-order chi connectivity index (χ1) is 13.6. The summed E-state index contributed by atoms with van der Waals surface area (Å²) >= 11 is 6.06. The van der Waals surface area contributed by atoms with Crippen molar-refractivity contribution in [1.29, 1.82) is 0 Å². The van der Waals surface area contributed by atoms with Gasteiger partial charge < -0.3 is 10.1 Å². The van der Waals surface area contributed by atoms with Crippen LogP contribution in [0, 0.1) is 23.6 Å². The summed E-state index contributed by atoms with van der Waals surface area (Å²) in [5.74, 6) is 3.28. The molecule has 0 heterocycles. The van der Waals surface area contributed by atoms with Crippen LogP contribution in [0.2, 0.25) is 5.02 Å². The van der Waals surface area contributed by atoms with Gasteiger partial charge in [0.2, 0.25) is 0 Å². The number of rotatable bonds is 6. The van der Waals surface area contributed by atoms with E-state index in [-0.39, 0.29) is 12.4 Å². The molecule has 4 heteroatoms. The van der Waals surface area contributed by atoms with Crippen molar-refractivity contribution in [1.82, 2.24) is 5.32 Å². The van der Waals surface area contributed by atoms with E-state index < -0.39 is 0 Å². The van der Waals surface area contributed by atoms with E-state index >= 15 is 0 Å². The Morgan fingerprint density at radius 1 is 0.964 bits per heavy atom. The Morgan fingerprint density at radius 2 is 1.61 bits per heavy atom. The molecule has 0 unspecified atom stereocenters. The van der Waals surface area contributed by atoms with Crippen molar-refractivity contribution in [3.05, 3.63) is 64.4 Å². The van der Waals surface area contributed by atoms with Gasteiger partial charge in [0.25, 0.3) is 0 Å². The Labute approximate surface area is 171 Å². The number of ether oxygens (including phenoxy) is 1. The van der Waals surface area contributed by atoms with Gasteiger partial charge in [-0.2, -0.15) is 0 Å². The molecule has 2 aromatic carbocycles. The molecule has 4 aliphatic rings. The van der Waals surface area contributed by atoms with Crippen LogP contribution in [0.3, 0.4) is 0 Å². The molecule has 2 nitrogen and oxygen atoms in total. The summed E-state index contributed by atoms with van der Waals surface area (Å²) in [6, 6.07) is 12.8. The molecule has 6 rings (SSSR count). The van der Waals surface area contributed by atoms with Gasteiger partial charge in [-0.05, 0) is 86.1 Å². The van der Waals surface area contributed by atoms with Gasteiger partial charge in [0, 0.05) is 17.6 Å². The first-order valence-corrected chi connectivity index (χ1v) is 10.9. The van der Waals surface area contributed by atoms with Crippen molar-refractivity contribution in [3.63, 3.8) is 0 Å². The third-order valence-electron chi connectivity index (χ3n) is 7.07. The Kier molecular flexibility index (Phi) is 4.84. The zero-order chi connectivity index (χ0) is 19.1. The van der Waals surface area contributed by atoms with Gasteiger partial charge in [-0.15, -0.1) is 0 Å². The Morgan fingerprint density at radius 3 is 2.21 bits per heavy atom. The van der Waals surface area contributed by atoms with E-state index in [1.807, 2.05) is 12.1 Å². The largest absolute Gasteiger partial charge is 0.489 e. The fourth-order valence-electron chi connectivity index (χ4n) is 6.15. The van der Waals surface area contributed by atoms with E-state index in [0.29, 0.717) is 16.1 Å². The molecule has 0 aromatic heterocycles. The number of hydrogen-bond donors (Lipinski definition) is 1. The molecule has 0 spiro atoms. The number of halogens is 2. The average Bonchev–Trinajstić information content (AvgIpc) is 2.66. The first kappa shape index (κ1) is 18.4. The summed E-state index contributed by atoms with van der Waals surface area (Å²) in [4.78, 5) is 0. The zero-order valence-electron chi connectivity index (χ0n) is 16.1. The number of benzene rings is 2. The van der Waals surface area contributed by atoms with Gasteiger partial charge in [0.15, 0.2) is 0 Å². The fraction of sp³-hybridized carbons (Fsp3) is 0.500. The number of hydrogen-bond acceptors (Lipinski definition) is 2. The van der Waals surface area contributed by atoms with Crippen molar-refractivity contribution in [3.8, 4) is 5.75 Å². The summed E-state index contributed by atoms with van der Waals surface area (Å²) in [7, 11) is 0. The highest BCUT2D eigenvalue weighted by atomic mass is 35.5. The molecule has 0 saturated heterocycles. The highest BCUT2D eigenvalue weighted by molar-refractivity contribution is 6.31. The van der Waals surface area contributed by atoms with Crippen LogP contribution in [0.25, 0.3) is 0 Å². The molecular formula is C24H27ClFNO. The first-order valence-electron chi connectivity index (χ1n) is 10.5. The summed E-state index contributed by atoms with van der Waals surface area (Å²) in [6.07, 6.45) is 8.51. The number of nitrogens with one attached hydrogen (secondary N) is 1. The van der Waals surface area contributed by atoms with Crippen LogP contribution in [0.1, 0.15) is 49.7 Å². The molecule has 1 N–H and O–H groups in total. The molecule has 4 aliphatic carbocycles. The summed E-state index contributed by atoms with van der Waals surface area (Å²) in [5.41, 5.74) is 2.05. The Bertz CT molecular complexity index is 795. The third kappa shape index (κ3) is 3.67. The van der Waals surface area contributed by atoms with Crippen LogP contribution in [0.5, 0.6) is 5.75 Å². The van der Waals surface area contributed by atoms with Gasteiger partial charge in [0.1, 0.15) is 18.2 Å². The van der Waals surface area contributed by atoms with Crippen LogP contribution in [0.4, 0.5) is 4.39 Å². The van der Waals surface area contributed by atoms with Crippen molar-refractivity contribution >= 4 is 11.6 Å². The Hall–Kier alpha value is -1.58. The second kappa shape index (κ2) is 7.35. The minimum absolute atomic E-state index is 0.135. The minimum atomic E-state index is -0.330. The van der Waals surface area contributed by atoms with E-state index in [0.717, 1.165) is 30.0 Å². The topological polar surface area (TPSA) is 21.3 Å². The minimum Gasteiger partial charge on any atom is -0.489 e. The maximum absolute atomic E-state index is 13.9. The lowest BCUT2D eigenvalue weighted by Gasteiger charge is -2.57. The predicted octanol–water partition coefficient (Wildman–Crippen LogP) is 6.12. The second-order valence-electron chi connectivity index (χ2n) is 9.18. The molecule has 0 atom stereocenters. The monoisotopic (exact) mass is 399 g/mol. The molecular weight excluding hydrogens is 373 g/mol. The lowest BCUT2D eigenvalue weighted by Crippen LogP contribution is -2.58. The standard InChI is InChI=1S/C24H27ClFNO/c25-22-2-1-3-23(26)21(22)15-28-20-6-4-16(5-7-20)14-27-24-11-17-8-18(12-24)10-19(9-17)13-24/h1-7,17-19,27H,8-15H2. The molecule has 4 fully saturated rings. The second-order valence-corrected chi connectivity index (χ2v) is 9.59. The lowest BCUT2D eigenvalue weighted by atomic mass is 9.53. The molecule has 4 bridgehead atoms. The van der Waals surface area contributed by atoms with Crippen LogP contribution < -0.4 is 10.1 Å². The van der Waals surface area contributed by atoms with E-state index in [1.54, 1.807) is 12.1 Å². The van der Waals surface area contributed by atoms with E-state index in [4.69, 9.17) is 16.3 Å². The van der Waals surface area contributed by atoms with Gasteiger partial charge in [-0.25, -0.2) is 4.39 Å². The highest BCUT2D eigenvalue weighted by Gasteiger charge is 2.50. The SMILES string of the molecule is Fc1cccc(Cl)c1COc1ccc(CNC23CC4CC(CC(C4)C2)C3)cc1. The van der Waals surface area contributed by atoms with Crippen molar-refractivity contribution in [2.75, 3.05) is 0 Å². The van der Waals surface area contributed by atoms with Crippen LogP contribution in [-0.2, 0) is 13.2 Å². The molecule has 2 aromatic rings. The molecule has 28 heavy (non-hydrogen) atoms. The smallest absolute Gasteiger partial charge is 0.131 e. The van der Waals surface area contributed by atoms with Crippen LogP contribution in [0.15, 0.2) is 42.5 Å². The van der Waals surface area contributed by atoms with Crippen molar-refractivity contribution in [2.24, 2.45) is 17.8 Å². The highest BCUT2D eigenvalue weighted by Crippen LogP contribution is 2.55.